The molecule has 2 aromatic heterocycles. The van der Waals surface area contributed by atoms with Crippen molar-refractivity contribution in [2.75, 3.05) is 19.0 Å². The van der Waals surface area contributed by atoms with Gasteiger partial charge in [-0.05, 0) is 17.7 Å². The number of aromatic nitrogens is 4. The summed E-state index contributed by atoms with van der Waals surface area (Å²) in [7, 11) is 3.79. The Hall–Kier alpha value is -2.96. The highest BCUT2D eigenvalue weighted by Gasteiger charge is 2.08. The van der Waals surface area contributed by atoms with Crippen molar-refractivity contribution < 1.29 is 4.79 Å². The van der Waals surface area contributed by atoms with Crippen LogP contribution in [-0.4, -0.2) is 39.5 Å². The van der Waals surface area contributed by atoms with Gasteiger partial charge < -0.3 is 15.2 Å². The monoisotopic (exact) mass is 296 g/mol. The lowest BCUT2D eigenvalue weighted by atomic mass is 10.1. The van der Waals surface area contributed by atoms with Crippen LogP contribution >= 0.6 is 0 Å². The second-order valence-electron chi connectivity index (χ2n) is 5.21. The number of fused-ring (bicyclic) bond motifs is 1. The fraction of sp³-hybridized carbons (Fsp3) is 0.200. The molecule has 22 heavy (non-hydrogen) atoms. The molecule has 0 fully saturated rings. The van der Waals surface area contributed by atoms with E-state index in [4.69, 9.17) is 5.73 Å². The van der Waals surface area contributed by atoms with Gasteiger partial charge in [0.15, 0.2) is 5.65 Å². The first-order valence-electron chi connectivity index (χ1n) is 6.78. The Kier molecular flexibility index (Phi) is 3.46. The third-order valence-electron chi connectivity index (χ3n) is 3.34. The Labute approximate surface area is 127 Å². The van der Waals surface area contributed by atoms with Crippen molar-refractivity contribution in [3.63, 3.8) is 0 Å². The lowest BCUT2D eigenvalue weighted by Crippen LogP contribution is -2.13. The zero-order valence-electron chi connectivity index (χ0n) is 12.4. The number of carbonyl (C=O) groups is 1. The predicted octanol–water partition coefficient (Wildman–Crippen LogP) is 1.04. The van der Waals surface area contributed by atoms with Crippen molar-refractivity contribution in [3.05, 3.63) is 47.9 Å². The maximum absolute atomic E-state index is 11.1. The zero-order valence-corrected chi connectivity index (χ0v) is 12.4. The Bertz CT molecular complexity index is 822. The number of anilines is 1. The molecule has 0 saturated carbocycles. The standard InChI is InChI=1S/C15H16N6O/c1-20(2)15-17-7-12-14(19-15)21(9-18-12)8-10-3-5-11(6-4-10)13(16)22/h3-7,9H,8H2,1-2H3,(H2,16,22). The highest BCUT2D eigenvalue weighted by molar-refractivity contribution is 5.92. The highest BCUT2D eigenvalue weighted by atomic mass is 16.1. The molecule has 0 atom stereocenters. The maximum atomic E-state index is 11.1. The van der Waals surface area contributed by atoms with E-state index >= 15 is 0 Å². The van der Waals surface area contributed by atoms with Gasteiger partial charge in [0, 0.05) is 19.7 Å². The molecule has 0 radical (unpaired) electrons. The molecule has 0 saturated heterocycles. The van der Waals surface area contributed by atoms with E-state index in [1.165, 1.54) is 0 Å². The molecule has 3 aromatic rings. The maximum Gasteiger partial charge on any atom is 0.248 e. The van der Waals surface area contributed by atoms with Gasteiger partial charge in [-0.1, -0.05) is 12.1 Å². The van der Waals surface area contributed by atoms with E-state index in [-0.39, 0.29) is 0 Å². The Morgan fingerprint density at radius 3 is 2.59 bits per heavy atom. The number of nitrogens with two attached hydrogens (primary N) is 1. The Morgan fingerprint density at radius 1 is 1.23 bits per heavy atom. The van der Waals surface area contributed by atoms with Gasteiger partial charge in [0.2, 0.25) is 11.9 Å². The second kappa shape index (κ2) is 5.44. The molecule has 3 rings (SSSR count). The van der Waals surface area contributed by atoms with E-state index in [1.807, 2.05) is 35.7 Å². The van der Waals surface area contributed by atoms with Crippen LogP contribution in [0.3, 0.4) is 0 Å². The minimum Gasteiger partial charge on any atom is -0.366 e. The van der Waals surface area contributed by atoms with Crippen LogP contribution in [0.4, 0.5) is 5.95 Å². The molecule has 0 aliphatic rings. The largest absolute Gasteiger partial charge is 0.366 e. The lowest BCUT2D eigenvalue weighted by molar-refractivity contribution is 0.100. The highest BCUT2D eigenvalue weighted by Crippen LogP contribution is 2.15. The summed E-state index contributed by atoms with van der Waals surface area (Å²) in [6, 6.07) is 7.19. The van der Waals surface area contributed by atoms with Gasteiger partial charge >= 0.3 is 0 Å². The summed E-state index contributed by atoms with van der Waals surface area (Å²) in [6.07, 6.45) is 3.45. The Balaban J connectivity index is 1.93. The Morgan fingerprint density at radius 2 is 1.95 bits per heavy atom. The van der Waals surface area contributed by atoms with Gasteiger partial charge in [-0.15, -0.1) is 0 Å². The van der Waals surface area contributed by atoms with Crippen LogP contribution < -0.4 is 10.6 Å². The lowest BCUT2D eigenvalue weighted by Gasteiger charge is -2.10. The molecule has 0 unspecified atom stereocenters. The molecule has 1 amide bonds. The number of nitrogens with zero attached hydrogens (tertiary/aromatic N) is 5. The molecular weight excluding hydrogens is 280 g/mol. The molecular formula is C15H16N6O. The summed E-state index contributed by atoms with van der Waals surface area (Å²) in [6.45, 7) is 0.611. The van der Waals surface area contributed by atoms with Crippen molar-refractivity contribution in [1.82, 2.24) is 19.5 Å². The quantitative estimate of drug-likeness (QED) is 0.777. The van der Waals surface area contributed by atoms with Gasteiger partial charge in [0.1, 0.15) is 5.52 Å². The molecule has 112 valence electrons. The zero-order chi connectivity index (χ0) is 15.7. The molecule has 7 heteroatoms. The van der Waals surface area contributed by atoms with E-state index in [2.05, 4.69) is 15.0 Å². The van der Waals surface area contributed by atoms with Gasteiger partial charge in [-0.2, -0.15) is 4.98 Å². The molecule has 0 aliphatic carbocycles. The molecule has 0 aliphatic heterocycles. The molecule has 1 aromatic carbocycles. The number of amides is 1. The van der Waals surface area contributed by atoms with Crippen molar-refractivity contribution in [2.45, 2.75) is 6.54 Å². The van der Waals surface area contributed by atoms with Crippen LogP contribution in [-0.2, 0) is 6.54 Å². The summed E-state index contributed by atoms with van der Waals surface area (Å²) in [5, 5.41) is 0. The smallest absolute Gasteiger partial charge is 0.248 e. The van der Waals surface area contributed by atoms with E-state index in [0.717, 1.165) is 16.7 Å². The normalized spacial score (nSPS) is 10.8. The fourth-order valence-electron chi connectivity index (χ4n) is 2.15. The minimum absolute atomic E-state index is 0.428. The second-order valence-corrected chi connectivity index (χ2v) is 5.21. The topological polar surface area (TPSA) is 89.9 Å². The van der Waals surface area contributed by atoms with Crippen molar-refractivity contribution in [1.29, 1.82) is 0 Å². The summed E-state index contributed by atoms with van der Waals surface area (Å²) in [5.41, 5.74) is 8.30. The van der Waals surface area contributed by atoms with Crippen LogP contribution in [0.5, 0.6) is 0 Å². The number of rotatable bonds is 4. The van der Waals surface area contributed by atoms with E-state index in [9.17, 15) is 4.79 Å². The first-order valence-corrected chi connectivity index (χ1v) is 6.78. The van der Waals surface area contributed by atoms with Gasteiger partial charge in [-0.3, -0.25) is 4.79 Å². The third kappa shape index (κ3) is 2.60. The first-order chi connectivity index (χ1) is 10.5. The number of hydrogen-bond acceptors (Lipinski definition) is 5. The van der Waals surface area contributed by atoms with Crippen molar-refractivity contribution >= 4 is 23.0 Å². The average Bonchev–Trinajstić information content (AvgIpc) is 2.90. The predicted molar refractivity (Wildman–Crippen MR) is 83.7 cm³/mol. The van der Waals surface area contributed by atoms with Crippen LogP contribution in [0.15, 0.2) is 36.8 Å². The molecule has 7 nitrogen and oxygen atoms in total. The number of primary amides is 1. The van der Waals surface area contributed by atoms with E-state index in [0.29, 0.717) is 18.1 Å². The summed E-state index contributed by atoms with van der Waals surface area (Å²) in [5.74, 6) is 0.210. The number of benzene rings is 1. The summed E-state index contributed by atoms with van der Waals surface area (Å²) in [4.78, 5) is 26.0. The van der Waals surface area contributed by atoms with Crippen LogP contribution in [0.1, 0.15) is 15.9 Å². The van der Waals surface area contributed by atoms with Crippen LogP contribution in [0.2, 0.25) is 0 Å². The molecule has 0 spiro atoms. The number of hydrogen-bond donors (Lipinski definition) is 1. The van der Waals surface area contributed by atoms with E-state index in [1.54, 1.807) is 24.7 Å². The van der Waals surface area contributed by atoms with E-state index < -0.39 is 5.91 Å². The molecule has 2 N–H and O–H groups in total. The fourth-order valence-corrected chi connectivity index (χ4v) is 2.15. The van der Waals surface area contributed by atoms with Crippen LogP contribution in [0, 0.1) is 0 Å². The van der Waals surface area contributed by atoms with Gasteiger partial charge in [-0.25, -0.2) is 9.97 Å². The van der Waals surface area contributed by atoms with Crippen LogP contribution in [0.25, 0.3) is 11.2 Å². The van der Waals surface area contributed by atoms with Crippen molar-refractivity contribution in [2.24, 2.45) is 5.73 Å². The minimum atomic E-state index is -0.428. The third-order valence-corrected chi connectivity index (χ3v) is 3.34. The van der Waals surface area contributed by atoms with Gasteiger partial charge in [0.25, 0.3) is 0 Å². The summed E-state index contributed by atoms with van der Waals surface area (Å²) >= 11 is 0. The van der Waals surface area contributed by atoms with Gasteiger partial charge in [0.05, 0.1) is 19.1 Å². The average molecular weight is 296 g/mol. The first kappa shape index (κ1) is 14.0. The van der Waals surface area contributed by atoms with Crippen molar-refractivity contribution in [3.8, 4) is 0 Å². The number of imidazole rings is 1. The molecule has 2 heterocycles. The molecule has 0 bridgehead atoms. The number of carbonyl (C=O) groups excluding carboxylic acids is 1. The SMILES string of the molecule is CN(C)c1ncc2ncn(Cc3ccc(C(N)=O)cc3)c2n1. The summed E-state index contributed by atoms with van der Waals surface area (Å²) < 4.78 is 1.95.